The zero-order valence-corrected chi connectivity index (χ0v) is 18.2. The van der Waals surface area contributed by atoms with Crippen LogP contribution >= 0.6 is 0 Å². The van der Waals surface area contributed by atoms with Gasteiger partial charge in [0, 0.05) is 29.7 Å². The summed E-state index contributed by atoms with van der Waals surface area (Å²) in [7, 11) is 1.43. The Labute approximate surface area is 179 Å². The molecule has 0 aliphatic carbocycles. The van der Waals surface area contributed by atoms with Crippen LogP contribution in [-0.4, -0.2) is 34.1 Å². The lowest BCUT2D eigenvalue weighted by Gasteiger charge is -2.37. The molecule has 164 valence electrons. The molecule has 3 aromatic rings. The maximum absolute atomic E-state index is 13.8. The van der Waals surface area contributed by atoms with Gasteiger partial charge in [-0.1, -0.05) is 11.6 Å². The lowest BCUT2D eigenvalue weighted by molar-refractivity contribution is -0.0406. The second kappa shape index (κ2) is 7.20. The second-order valence-electron chi connectivity index (χ2n) is 8.70. The molecule has 1 aliphatic rings. The smallest absolute Gasteiger partial charge is 0.204 e. The predicted octanol–water partition coefficient (Wildman–Crippen LogP) is 3.95. The van der Waals surface area contributed by atoms with Crippen LogP contribution in [0, 0.1) is 0 Å². The fourth-order valence-corrected chi connectivity index (χ4v) is 4.02. The first kappa shape index (κ1) is 21.1. The summed E-state index contributed by atoms with van der Waals surface area (Å²) in [6, 6.07) is 2.69. The Morgan fingerprint density at radius 1 is 1.19 bits per heavy atom. The van der Waals surface area contributed by atoms with E-state index < -0.39 is 11.7 Å². The third-order valence-electron chi connectivity index (χ3n) is 5.80. The van der Waals surface area contributed by atoms with Gasteiger partial charge in [0.1, 0.15) is 33.7 Å². The number of hydrogen-bond donors (Lipinski definition) is 3. The maximum atomic E-state index is 13.8. The number of hydrogen-bond acceptors (Lipinski definition) is 7. The van der Waals surface area contributed by atoms with Gasteiger partial charge < -0.3 is 29.2 Å². The van der Waals surface area contributed by atoms with E-state index in [1.54, 1.807) is 13.8 Å². The summed E-state index contributed by atoms with van der Waals surface area (Å²) in [5.74, 6) is 0.154. The average Bonchev–Trinajstić information content (AvgIpc) is 2.67. The summed E-state index contributed by atoms with van der Waals surface area (Å²) in [6.45, 7) is 7.33. The van der Waals surface area contributed by atoms with E-state index in [9.17, 15) is 20.1 Å². The maximum Gasteiger partial charge on any atom is 0.204 e. The SMILES string of the molecule is COc1c(O)cc2oc3cc(O)c4c(c3c(=O)c2c1CC=C(C)C)OC(C)(C)[C@@H](O)C4. The van der Waals surface area contributed by atoms with Crippen molar-refractivity contribution in [2.45, 2.75) is 52.2 Å². The van der Waals surface area contributed by atoms with E-state index in [1.807, 2.05) is 19.9 Å². The number of fused-ring (bicyclic) bond motifs is 4. The molecule has 31 heavy (non-hydrogen) atoms. The lowest BCUT2D eigenvalue weighted by atomic mass is 9.89. The van der Waals surface area contributed by atoms with Gasteiger partial charge in [-0.3, -0.25) is 4.79 Å². The molecule has 0 unspecified atom stereocenters. The van der Waals surface area contributed by atoms with Gasteiger partial charge in [0.05, 0.1) is 18.6 Å². The molecule has 7 nitrogen and oxygen atoms in total. The first-order chi connectivity index (χ1) is 14.5. The van der Waals surface area contributed by atoms with E-state index in [0.29, 0.717) is 17.5 Å². The van der Waals surface area contributed by atoms with E-state index in [2.05, 4.69) is 0 Å². The Hall–Kier alpha value is -3.19. The van der Waals surface area contributed by atoms with Crippen molar-refractivity contribution in [2.24, 2.45) is 0 Å². The van der Waals surface area contributed by atoms with E-state index in [1.165, 1.54) is 19.2 Å². The first-order valence-corrected chi connectivity index (χ1v) is 10.1. The standard InChI is InChI=1S/C24H26O7/c1-11(2)6-7-12-19-16(10-15(26)22(12)29-5)30-17-9-14(25)13-8-18(27)24(3,4)31-23(13)20(17)21(19)28/h6,9-10,18,25-27H,7-8H2,1-5H3/t18-/m0/s1. The number of aliphatic hydroxyl groups is 1. The molecule has 0 spiro atoms. The molecule has 0 radical (unpaired) electrons. The van der Waals surface area contributed by atoms with Gasteiger partial charge in [-0.05, 0) is 34.1 Å². The van der Waals surface area contributed by atoms with Crippen LogP contribution in [0.1, 0.15) is 38.8 Å². The van der Waals surface area contributed by atoms with E-state index in [0.717, 1.165) is 5.57 Å². The number of rotatable bonds is 3. The van der Waals surface area contributed by atoms with E-state index in [-0.39, 0.29) is 56.8 Å². The highest BCUT2D eigenvalue weighted by Gasteiger charge is 2.39. The number of benzene rings is 2. The van der Waals surface area contributed by atoms with Crippen LogP contribution in [0.5, 0.6) is 23.0 Å². The summed E-state index contributed by atoms with van der Waals surface area (Å²) >= 11 is 0. The van der Waals surface area contributed by atoms with Crippen LogP contribution in [0.15, 0.2) is 33.0 Å². The highest BCUT2D eigenvalue weighted by molar-refractivity contribution is 5.98. The number of phenolic OH excluding ortho intramolecular Hbond substituents is 2. The molecule has 4 rings (SSSR count). The molecule has 0 saturated heterocycles. The zero-order chi connectivity index (χ0) is 22.7. The van der Waals surface area contributed by atoms with Crippen molar-refractivity contribution >= 4 is 21.9 Å². The Bertz CT molecular complexity index is 1290. The Morgan fingerprint density at radius 2 is 1.84 bits per heavy atom. The van der Waals surface area contributed by atoms with Crippen molar-refractivity contribution < 1.29 is 29.2 Å². The molecule has 1 atom stereocenters. The van der Waals surface area contributed by atoms with Crippen molar-refractivity contribution in [1.82, 2.24) is 0 Å². The largest absolute Gasteiger partial charge is 0.507 e. The van der Waals surface area contributed by atoms with Crippen molar-refractivity contribution in [3.05, 3.63) is 45.1 Å². The highest BCUT2D eigenvalue weighted by atomic mass is 16.5. The molecule has 0 bridgehead atoms. The van der Waals surface area contributed by atoms with Crippen LogP contribution in [0.25, 0.3) is 21.9 Å². The summed E-state index contributed by atoms with van der Waals surface area (Å²) < 4.78 is 17.4. The van der Waals surface area contributed by atoms with Gasteiger partial charge >= 0.3 is 0 Å². The molecule has 1 aliphatic heterocycles. The fourth-order valence-electron chi connectivity index (χ4n) is 4.02. The molecule has 1 aromatic heterocycles. The van der Waals surface area contributed by atoms with Crippen LogP contribution in [0.2, 0.25) is 0 Å². The number of phenols is 2. The van der Waals surface area contributed by atoms with Crippen LogP contribution < -0.4 is 14.9 Å². The monoisotopic (exact) mass is 426 g/mol. The highest BCUT2D eigenvalue weighted by Crippen LogP contribution is 2.44. The summed E-state index contributed by atoms with van der Waals surface area (Å²) in [4.78, 5) is 13.8. The third-order valence-corrected chi connectivity index (χ3v) is 5.80. The van der Waals surface area contributed by atoms with Crippen molar-refractivity contribution in [3.63, 3.8) is 0 Å². The molecule has 0 amide bonds. The minimum atomic E-state index is -0.952. The van der Waals surface area contributed by atoms with Crippen molar-refractivity contribution in [2.75, 3.05) is 7.11 Å². The van der Waals surface area contributed by atoms with E-state index in [4.69, 9.17) is 13.9 Å². The second-order valence-corrected chi connectivity index (χ2v) is 8.70. The number of methoxy groups -OCH3 is 1. The molecule has 3 N–H and O–H groups in total. The van der Waals surface area contributed by atoms with Crippen molar-refractivity contribution in [1.29, 1.82) is 0 Å². The Morgan fingerprint density at radius 3 is 2.48 bits per heavy atom. The molecular formula is C24H26O7. The van der Waals surface area contributed by atoms with Gasteiger partial charge in [0.2, 0.25) is 5.43 Å². The molecule has 2 aromatic carbocycles. The van der Waals surface area contributed by atoms with Crippen LogP contribution in [0.4, 0.5) is 0 Å². The Kier molecular flexibility index (Phi) is 4.89. The van der Waals surface area contributed by atoms with Crippen LogP contribution in [-0.2, 0) is 12.8 Å². The quantitative estimate of drug-likeness (QED) is 0.430. The van der Waals surface area contributed by atoms with Gasteiger partial charge in [-0.2, -0.15) is 0 Å². The molecule has 2 heterocycles. The van der Waals surface area contributed by atoms with Gasteiger partial charge in [-0.15, -0.1) is 0 Å². The number of allylic oxidation sites excluding steroid dienone is 2. The zero-order valence-electron chi connectivity index (χ0n) is 18.2. The average molecular weight is 426 g/mol. The predicted molar refractivity (Wildman–Crippen MR) is 117 cm³/mol. The summed E-state index contributed by atoms with van der Waals surface area (Å²) in [6.07, 6.45) is 1.59. The summed E-state index contributed by atoms with van der Waals surface area (Å²) in [5, 5.41) is 31.8. The minimum absolute atomic E-state index is 0.123. The van der Waals surface area contributed by atoms with Crippen LogP contribution in [0.3, 0.4) is 0 Å². The molecular weight excluding hydrogens is 400 g/mol. The van der Waals surface area contributed by atoms with Gasteiger partial charge in [0.15, 0.2) is 11.5 Å². The Balaban J connectivity index is 2.15. The topological polar surface area (TPSA) is 109 Å². The van der Waals surface area contributed by atoms with Gasteiger partial charge in [0.25, 0.3) is 0 Å². The minimum Gasteiger partial charge on any atom is -0.507 e. The number of aromatic hydroxyl groups is 2. The molecule has 0 fully saturated rings. The van der Waals surface area contributed by atoms with Crippen molar-refractivity contribution in [3.8, 4) is 23.0 Å². The number of ether oxygens (including phenoxy) is 2. The first-order valence-electron chi connectivity index (χ1n) is 10.1. The fraction of sp³-hybridized carbons (Fsp3) is 0.375. The lowest BCUT2D eigenvalue weighted by Crippen LogP contribution is -2.46. The summed E-state index contributed by atoms with van der Waals surface area (Å²) in [5.41, 5.74) is 0.933. The normalized spacial score (nSPS) is 17.3. The van der Waals surface area contributed by atoms with Gasteiger partial charge in [-0.25, -0.2) is 0 Å². The third kappa shape index (κ3) is 3.29. The molecule has 7 heteroatoms. The number of aliphatic hydroxyl groups excluding tert-OH is 1. The van der Waals surface area contributed by atoms with E-state index >= 15 is 0 Å². The molecule has 0 saturated carbocycles.